The number of aliphatic imine (C=N–C) groups is 1. The van der Waals surface area contributed by atoms with E-state index in [-0.39, 0.29) is 0 Å². The van der Waals surface area contributed by atoms with Crippen LogP contribution in [0.15, 0.2) is 4.99 Å². The maximum Gasteiger partial charge on any atom is 0.159 e. The van der Waals surface area contributed by atoms with Gasteiger partial charge < -0.3 is 4.90 Å². The normalized spacial score (nSPS) is 31.2. The SMILES string of the molecule is SC1CCN(C2=NCCS2)C1. The van der Waals surface area contributed by atoms with Crippen molar-refractivity contribution in [2.75, 3.05) is 25.4 Å². The third-order valence-corrected chi connectivity index (χ3v) is 3.46. The molecule has 2 heterocycles. The molecular weight excluding hydrogens is 176 g/mol. The van der Waals surface area contributed by atoms with E-state index in [0.29, 0.717) is 5.25 Å². The molecule has 0 bridgehead atoms. The van der Waals surface area contributed by atoms with E-state index in [1.807, 2.05) is 11.8 Å². The molecule has 2 rings (SSSR count). The molecule has 1 saturated heterocycles. The van der Waals surface area contributed by atoms with Gasteiger partial charge in [0.1, 0.15) is 0 Å². The van der Waals surface area contributed by atoms with Gasteiger partial charge in [-0.3, -0.25) is 4.99 Å². The molecule has 11 heavy (non-hydrogen) atoms. The molecule has 2 nitrogen and oxygen atoms in total. The smallest absolute Gasteiger partial charge is 0.159 e. The quantitative estimate of drug-likeness (QED) is 0.573. The van der Waals surface area contributed by atoms with Gasteiger partial charge in [0.15, 0.2) is 5.17 Å². The third-order valence-electron chi connectivity index (χ3n) is 2.00. The number of thiol groups is 1. The van der Waals surface area contributed by atoms with Crippen molar-refractivity contribution < 1.29 is 0 Å². The summed E-state index contributed by atoms with van der Waals surface area (Å²) in [5.41, 5.74) is 0. The molecule has 4 heteroatoms. The van der Waals surface area contributed by atoms with Crippen LogP contribution >= 0.6 is 24.4 Å². The average molecular weight is 188 g/mol. The van der Waals surface area contributed by atoms with Gasteiger partial charge in [0.05, 0.1) is 6.54 Å². The summed E-state index contributed by atoms with van der Waals surface area (Å²) >= 11 is 6.32. The molecule has 0 spiro atoms. The maximum atomic E-state index is 4.44. The van der Waals surface area contributed by atoms with Crippen molar-refractivity contribution in [1.29, 1.82) is 0 Å². The lowest BCUT2D eigenvalue weighted by atomic mass is 10.4. The van der Waals surface area contributed by atoms with Crippen molar-refractivity contribution in [3.63, 3.8) is 0 Å². The van der Waals surface area contributed by atoms with Gasteiger partial charge >= 0.3 is 0 Å². The van der Waals surface area contributed by atoms with E-state index in [2.05, 4.69) is 22.5 Å². The number of likely N-dealkylation sites (tertiary alicyclic amines) is 1. The van der Waals surface area contributed by atoms with Crippen LogP contribution in [0.4, 0.5) is 0 Å². The van der Waals surface area contributed by atoms with Crippen LogP contribution in [0.2, 0.25) is 0 Å². The van der Waals surface area contributed by atoms with Gasteiger partial charge in [-0.05, 0) is 6.42 Å². The molecule has 0 aromatic rings. The lowest BCUT2D eigenvalue weighted by molar-refractivity contribution is 0.531. The molecule has 2 aliphatic heterocycles. The lowest BCUT2D eigenvalue weighted by Gasteiger charge is -2.15. The largest absolute Gasteiger partial charge is 0.350 e. The van der Waals surface area contributed by atoms with E-state index in [1.165, 1.54) is 17.3 Å². The molecule has 0 saturated carbocycles. The Kier molecular flexibility index (Phi) is 2.32. The van der Waals surface area contributed by atoms with Gasteiger partial charge in [-0.2, -0.15) is 12.6 Å². The predicted molar refractivity (Wildman–Crippen MR) is 53.7 cm³/mol. The first kappa shape index (κ1) is 7.80. The van der Waals surface area contributed by atoms with E-state index >= 15 is 0 Å². The van der Waals surface area contributed by atoms with Gasteiger partial charge in [-0.25, -0.2) is 0 Å². The third kappa shape index (κ3) is 1.67. The van der Waals surface area contributed by atoms with Crippen molar-refractivity contribution in [3.8, 4) is 0 Å². The van der Waals surface area contributed by atoms with Crippen molar-refractivity contribution in [3.05, 3.63) is 0 Å². The summed E-state index contributed by atoms with van der Waals surface area (Å²) in [5, 5.41) is 1.82. The second kappa shape index (κ2) is 3.27. The van der Waals surface area contributed by atoms with Crippen molar-refractivity contribution >= 4 is 29.6 Å². The van der Waals surface area contributed by atoms with Gasteiger partial charge in [0.25, 0.3) is 0 Å². The van der Waals surface area contributed by atoms with E-state index < -0.39 is 0 Å². The van der Waals surface area contributed by atoms with E-state index in [0.717, 1.165) is 19.6 Å². The molecule has 0 aromatic heterocycles. The molecular formula is C7H12N2S2. The van der Waals surface area contributed by atoms with Crippen LogP contribution in [0, 0.1) is 0 Å². The van der Waals surface area contributed by atoms with Gasteiger partial charge in [0, 0.05) is 24.1 Å². The van der Waals surface area contributed by atoms with E-state index in [1.54, 1.807) is 0 Å². The summed E-state index contributed by atoms with van der Waals surface area (Å²) in [7, 11) is 0. The van der Waals surface area contributed by atoms with Crippen LogP contribution in [0.25, 0.3) is 0 Å². The van der Waals surface area contributed by atoms with Crippen LogP contribution in [0.1, 0.15) is 6.42 Å². The fourth-order valence-corrected chi connectivity index (χ4v) is 2.64. The Hall–Kier alpha value is 0.170. The summed E-state index contributed by atoms with van der Waals surface area (Å²) in [6.45, 7) is 3.25. The Morgan fingerprint density at radius 1 is 1.64 bits per heavy atom. The van der Waals surface area contributed by atoms with Crippen LogP contribution in [0.3, 0.4) is 0 Å². The number of hydrogen-bond donors (Lipinski definition) is 1. The second-order valence-electron chi connectivity index (χ2n) is 2.90. The molecule has 0 radical (unpaired) electrons. The minimum absolute atomic E-state index is 0.568. The van der Waals surface area contributed by atoms with Crippen molar-refractivity contribution in [2.45, 2.75) is 11.7 Å². The highest BCUT2D eigenvalue weighted by molar-refractivity contribution is 8.14. The summed E-state index contributed by atoms with van der Waals surface area (Å²) < 4.78 is 0. The molecule has 0 amide bonds. The standard InChI is InChI=1S/C7H12N2S2/c10-6-1-3-9(5-6)7-8-2-4-11-7/h6,10H,1-5H2. The second-order valence-corrected chi connectivity index (χ2v) is 4.69. The van der Waals surface area contributed by atoms with Gasteiger partial charge in [0.2, 0.25) is 0 Å². The fraction of sp³-hybridized carbons (Fsp3) is 0.857. The highest BCUT2D eigenvalue weighted by Gasteiger charge is 2.23. The molecule has 2 aliphatic rings. The van der Waals surface area contributed by atoms with Crippen LogP contribution in [0.5, 0.6) is 0 Å². The van der Waals surface area contributed by atoms with Crippen molar-refractivity contribution in [1.82, 2.24) is 4.90 Å². The number of nitrogens with zero attached hydrogens (tertiary/aromatic N) is 2. The Morgan fingerprint density at radius 3 is 3.09 bits per heavy atom. The van der Waals surface area contributed by atoms with E-state index in [4.69, 9.17) is 0 Å². The molecule has 1 unspecified atom stereocenters. The zero-order valence-corrected chi connectivity index (χ0v) is 8.07. The number of rotatable bonds is 0. The van der Waals surface area contributed by atoms with Crippen LogP contribution in [-0.4, -0.2) is 40.7 Å². The number of thioether (sulfide) groups is 1. The average Bonchev–Trinajstić information content (AvgIpc) is 2.55. The molecule has 0 aromatic carbocycles. The molecule has 62 valence electrons. The minimum Gasteiger partial charge on any atom is -0.350 e. The molecule has 1 atom stereocenters. The Labute approximate surface area is 76.9 Å². The minimum atomic E-state index is 0.568. The summed E-state index contributed by atoms with van der Waals surface area (Å²) in [6, 6.07) is 0. The molecule has 0 aliphatic carbocycles. The zero-order chi connectivity index (χ0) is 7.68. The van der Waals surface area contributed by atoms with Gasteiger partial charge in [-0.1, -0.05) is 11.8 Å². The summed E-state index contributed by atoms with van der Waals surface area (Å²) in [6.07, 6.45) is 1.21. The Balaban J connectivity index is 1.95. The maximum absolute atomic E-state index is 4.44. The first-order valence-electron chi connectivity index (χ1n) is 3.96. The zero-order valence-electron chi connectivity index (χ0n) is 6.36. The number of hydrogen-bond acceptors (Lipinski definition) is 4. The van der Waals surface area contributed by atoms with Crippen LogP contribution < -0.4 is 0 Å². The number of amidine groups is 1. The first-order valence-corrected chi connectivity index (χ1v) is 5.47. The predicted octanol–water partition coefficient (Wildman–Crippen LogP) is 1.09. The molecule has 0 N–H and O–H groups in total. The Bertz CT molecular complexity index is 181. The first-order chi connectivity index (χ1) is 5.36. The van der Waals surface area contributed by atoms with Gasteiger partial charge in [-0.15, -0.1) is 0 Å². The topological polar surface area (TPSA) is 15.6 Å². The van der Waals surface area contributed by atoms with Crippen LogP contribution in [-0.2, 0) is 0 Å². The summed E-state index contributed by atoms with van der Waals surface area (Å²) in [4.78, 5) is 6.78. The highest BCUT2D eigenvalue weighted by atomic mass is 32.2. The Morgan fingerprint density at radius 2 is 2.55 bits per heavy atom. The van der Waals surface area contributed by atoms with E-state index in [9.17, 15) is 0 Å². The van der Waals surface area contributed by atoms with Crippen molar-refractivity contribution in [2.24, 2.45) is 4.99 Å². The fourth-order valence-electron chi connectivity index (χ4n) is 1.43. The molecule has 1 fully saturated rings. The lowest BCUT2D eigenvalue weighted by Crippen LogP contribution is -2.25. The highest BCUT2D eigenvalue weighted by Crippen LogP contribution is 2.22. The summed E-state index contributed by atoms with van der Waals surface area (Å²) in [5.74, 6) is 1.17. The monoisotopic (exact) mass is 188 g/mol.